The zero-order valence-corrected chi connectivity index (χ0v) is 14.8. The number of benzene rings is 2. The minimum atomic E-state index is -3.71. The molecule has 22 heavy (non-hydrogen) atoms. The molecule has 0 atom stereocenters. The molecule has 2 rings (SSSR count). The van der Waals surface area contributed by atoms with Crippen LogP contribution in [0.3, 0.4) is 0 Å². The second-order valence-corrected chi connectivity index (χ2v) is 7.12. The highest BCUT2D eigenvalue weighted by atomic mass is 79.9. The first kappa shape index (κ1) is 16.6. The molecule has 0 aliphatic carbocycles. The lowest BCUT2D eigenvalue weighted by molar-refractivity contribution is 0.354. The first-order valence-electron chi connectivity index (χ1n) is 6.38. The molecule has 7 heteroatoms. The van der Waals surface area contributed by atoms with Crippen LogP contribution in [0.15, 0.2) is 45.8 Å². The smallest absolute Gasteiger partial charge is 0.262 e. The van der Waals surface area contributed by atoms with E-state index in [1.807, 2.05) is 13.0 Å². The lowest BCUT2D eigenvalue weighted by Crippen LogP contribution is -2.13. The standard InChI is InChI=1S/C15H16BrNO4S/c1-10-4-5-11(8-13(10)16)17-22(18,19)12-6-7-14(20-2)15(9-12)21-3/h4-9,17H,1-3H3. The summed E-state index contributed by atoms with van der Waals surface area (Å²) in [6.45, 7) is 1.93. The van der Waals surface area contributed by atoms with Gasteiger partial charge in [0.15, 0.2) is 11.5 Å². The summed E-state index contributed by atoms with van der Waals surface area (Å²) in [7, 11) is -0.756. The Labute approximate surface area is 138 Å². The molecule has 0 aliphatic heterocycles. The lowest BCUT2D eigenvalue weighted by Gasteiger charge is -2.12. The van der Waals surface area contributed by atoms with Crippen LogP contribution in [0.2, 0.25) is 0 Å². The molecule has 0 saturated carbocycles. The number of ether oxygens (including phenoxy) is 2. The van der Waals surface area contributed by atoms with Gasteiger partial charge < -0.3 is 9.47 Å². The van der Waals surface area contributed by atoms with Crippen LogP contribution in [0.5, 0.6) is 11.5 Å². The largest absolute Gasteiger partial charge is 0.493 e. The number of aryl methyl sites for hydroxylation is 1. The van der Waals surface area contributed by atoms with E-state index < -0.39 is 10.0 Å². The topological polar surface area (TPSA) is 64.6 Å². The first-order valence-corrected chi connectivity index (χ1v) is 8.66. The van der Waals surface area contributed by atoms with E-state index in [9.17, 15) is 8.42 Å². The number of sulfonamides is 1. The molecule has 5 nitrogen and oxygen atoms in total. The fourth-order valence-corrected chi connectivity index (χ4v) is 3.30. The van der Waals surface area contributed by atoms with Gasteiger partial charge in [-0.15, -0.1) is 0 Å². The molecular weight excluding hydrogens is 370 g/mol. The zero-order valence-electron chi connectivity index (χ0n) is 12.4. The summed E-state index contributed by atoms with van der Waals surface area (Å²) in [4.78, 5) is 0.0989. The van der Waals surface area contributed by atoms with E-state index in [4.69, 9.17) is 9.47 Å². The normalized spacial score (nSPS) is 11.1. The summed E-state index contributed by atoms with van der Waals surface area (Å²) in [5, 5.41) is 0. The van der Waals surface area contributed by atoms with Gasteiger partial charge in [-0.2, -0.15) is 0 Å². The Morgan fingerprint density at radius 3 is 2.27 bits per heavy atom. The predicted molar refractivity (Wildman–Crippen MR) is 89.2 cm³/mol. The minimum absolute atomic E-state index is 0.0989. The molecule has 2 aromatic rings. The van der Waals surface area contributed by atoms with Crippen LogP contribution in [0.1, 0.15) is 5.56 Å². The summed E-state index contributed by atoms with van der Waals surface area (Å²) in [5.74, 6) is 0.829. The third-order valence-electron chi connectivity index (χ3n) is 3.09. The summed E-state index contributed by atoms with van der Waals surface area (Å²) < 4.78 is 38.5. The van der Waals surface area contributed by atoms with Gasteiger partial charge >= 0.3 is 0 Å². The Morgan fingerprint density at radius 2 is 1.68 bits per heavy atom. The van der Waals surface area contributed by atoms with Crippen molar-refractivity contribution in [3.05, 3.63) is 46.4 Å². The van der Waals surface area contributed by atoms with Crippen LogP contribution in [-0.2, 0) is 10.0 Å². The molecule has 0 saturated heterocycles. The molecule has 2 aromatic carbocycles. The molecule has 0 radical (unpaired) electrons. The molecule has 0 aromatic heterocycles. The predicted octanol–water partition coefficient (Wildman–Crippen LogP) is 3.58. The molecule has 0 spiro atoms. The van der Waals surface area contributed by atoms with E-state index >= 15 is 0 Å². The zero-order chi connectivity index (χ0) is 16.3. The van der Waals surface area contributed by atoms with Crippen molar-refractivity contribution in [3.8, 4) is 11.5 Å². The number of hydrogen-bond donors (Lipinski definition) is 1. The Morgan fingerprint density at radius 1 is 1.00 bits per heavy atom. The van der Waals surface area contributed by atoms with Gasteiger partial charge in [-0.05, 0) is 36.8 Å². The highest BCUT2D eigenvalue weighted by Crippen LogP contribution is 2.30. The van der Waals surface area contributed by atoms with Gasteiger partial charge in [0.05, 0.1) is 19.1 Å². The van der Waals surface area contributed by atoms with Crippen LogP contribution < -0.4 is 14.2 Å². The molecule has 0 fully saturated rings. The first-order chi connectivity index (χ1) is 10.4. The summed E-state index contributed by atoms with van der Waals surface area (Å²) in [6.07, 6.45) is 0. The second-order valence-electron chi connectivity index (χ2n) is 4.59. The number of halogens is 1. The fourth-order valence-electron chi connectivity index (χ4n) is 1.85. The number of rotatable bonds is 5. The maximum atomic E-state index is 12.4. The Hall–Kier alpha value is -1.73. The van der Waals surface area contributed by atoms with Gasteiger partial charge in [-0.25, -0.2) is 8.42 Å². The average Bonchev–Trinajstić information content (AvgIpc) is 2.50. The Balaban J connectivity index is 2.35. The second kappa shape index (κ2) is 6.58. The van der Waals surface area contributed by atoms with Crippen LogP contribution in [0, 0.1) is 6.92 Å². The minimum Gasteiger partial charge on any atom is -0.493 e. The van der Waals surface area contributed by atoms with Crippen molar-refractivity contribution in [2.24, 2.45) is 0 Å². The maximum absolute atomic E-state index is 12.4. The monoisotopic (exact) mass is 385 g/mol. The van der Waals surface area contributed by atoms with Gasteiger partial charge in [-0.1, -0.05) is 22.0 Å². The van der Waals surface area contributed by atoms with Crippen molar-refractivity contribution < 1.29 is 17.9 Å². The molecule has 1 N–H and O–H groups in total. The third-order valence-corrected chi connectivity index (χ3v) is 5.32. The van der Waals surface area contributed by atoms with Crippen LogP contribution in [-0.4, -0.2) is 22.6 Å². The van der Waals surface area contributed by atoms with E-state index in [0.29, 0.717) is 17.2 Å². The molecule has 0 heterocycles. The van der Waals surface area contributed by atoms with Gasteiger partial charge in [0.25, 0.3) is 10.0 Å². The van der Waals surface area contributed by atoms with Crippen molar-refractivity contribution in [3.63, 3.8) is 0 Å². The summed E-state index contributed by atoms with van der Waals surface area (Å²) in [6, 6.07) is 9.69. The quantitative estimate of drug-likeness (QED) is 0.853. The van der Waals surface area contributed by atoms with Crippen molar-refractivity contribution in [2.45, 2.75) is 11.8 Å². The number of hydrogen-bond acceptors (Lipinski definition) is 4. The fraction of sp³-hybridized carbons (Fsp3) is 0.200. The molecule has 0 unspecified atom stereocenters. The number of nitrogens with one attached hydrogen (secondary N) is 1. The molecule has 0 aliphatic rings. The van der Waals surface area contributed by atoms with E-state index in [1.54, 1.807) is 18.2 Å². The molecule has 118 valence electrons. The Bertz CT molecular complexity index is 790. The highest BCUT2D eigenvalue weighted by Gasteiger charge is 2.17. The van der Waals surface area contributed by atoms with Gasteiger partial charge in [0.2, 0.25) is 0 Å². The number of anilines is 1. The van der Waals surface area contributed by atoms with E-state index in [0.717, 1.165) is 10.0 Å². The molecular formula is C15H16BrNO4S. The Kier molecular flexibility index (Phi) is 4.97. The van der Waals surface area contributed by atoms with Crippen molar-refractivity contribution in [1.29, 1.82) is 0 Å². The van der Waals surface area contributed by atoms with Crippen molar-refractivity contribution in [1.82, 2.24) is 0 Å². The summed E-state index contributed by atoms with van der Waals surface area (Å²) in [5.41, 5.74) is 1.50. The molecule has 0 amide bonds. The van der Waals surface area contributed by atoms with Crippen molar-refractivity contribution >= 4 is 31.6 Å². The van der Waals surface area contributed by atoms with Gasteiger partial charge in [0, 0.05) is 16.2 Å². The van der Waals surface area contributed by atoms with Crippen molar-refractivity contribution in [2.75, 3.05) is 18.9 Å². The SMILES string of the molecule is COc1ccc(S(=O)(=O)Nc2ccc(C)c(Br)c2)cc1OC. The lowest BCUT2D eigenvalue weighted by atomic mass is 10.2. The maximum Gasteiger partial charge on any atom is 0.262 e. The van der Waals surface area contributed by atoms with Crippen LogP contribution in [0.4, 0.5) is 5.69 Å². The van der Waals surface area contributed by atoms with Gasteiger partial charge in [-0.3, -0.25) is 4.72 Å². The number of methoxy groups -OCH3 is 2. The average molecular weight is 386 g/mol. The summed E-state index contributed by atoms with van der Waals surface area (Å²) >= 11 is 3.38. The van der Waals surface area contributed by atoms with E-state index in [-0.39, 0.29) is 4.90 Å². The highest BCUT2D eigenvalue weighted by molar-refractivity contribution is 9.10. The van der Waals surface area contributed by atoms with E-state index in [2.05, 4.69) is 20.7 Å². The van der Waals surface area contributed by atoms with Gasteiger partial charge in [0.1, 0.15) is 0 Å². The third kappa shape index (κ3) is 3.53. The van der Waals surface area contributed by atoms with Crippen LogP contribution >= 0.6 is 15.9 Å². The molecule has 0 bridgehead atoms. The van der Waals surface area contributed by atoms with E-state index in [1.165, 1.54) is 26.4 Å². The van der Waals surface area contributed by atoms with Crippen LogP contribution in [0.25, 0.3) is 0 Å².